The molecule has 0 aromatic carbocycles. The Labute approximate surface area is 102 Å². The quantitative estimate of drug-likeness (QED) is 0.796. The number of carbonyl (C=O) groups is 1. The van der Waals surface area contributed by atoms with Gasteiger partial charge in [0, 0.05) is 16.7 Å². The van der Waals surface area contributed by atoms with Crippen LogP contribution in [-0.4, -0.2) is 24.7 Å². The molecule has 1 heterocycles. The molecule has 4 nitrogen and oxygen atoms in total. The van der Waals surface area contributed by atoms with E-state index in [0.717, 1.165) is 17.3 Å². The highest BCUT2D eigenvalue weighted by Crippen LogP contribution is 2.46. The van der Waals surface area contributed by atoms with Crippen molar-refractivity contribution in [1.82, 2.24) is 4.98 Å². The van der Waals surface area contributed by atoms with E-state index in [-0.39, 0.29) is 5.97 Å². The van der Waals surface area contributed by atoms with Gasteiger partial charge in [-0.1, -0.05) is 0 Å². The summed E-state index contributed by atoms with van der Waals surface area (Å²) < 4.78 is 11.1. The Morgan fingerprint density at radius 3 is 2.81 bits per heavy atom. The summed E-state index contributed by atoms with van der Waals surface area (Å²) in [6, 6.07) is 3.61. The van der Waals surface area contributed by atoms with Crippen LogP contribution in [0.1, 0.15) is 12.8 Å². The lowest BCUT2D eigenvalue weighted by Crippen LogP contribution is -2.24. The van der Waals surface area contributed by atoms with Crippen LogP contribution in [0.25, 0.3) is 0 Å². The van der Waals surface area contributed by atoms with Crippen LogP contribution in [0.3, 0.4) is 0 Å². The van der Waals surface area contributed by atoms with Crippen molar-refractivity contribution in [2.24, 2.45) is 5.41 Å². The van der Waals surface area contributed by atoms with Crippen molar-refractivity contribution in [1.29, 1.82) is 0 Å². The van der Waals surface area contributed by atoms with Gasteiger partial charge in [0.25, 0.3) is 0 Å². The third-order valence-electron chi connectivity index (χ3n) is 2.67. The maximum Gasteiger partial charge on any atom is 0.315 e. The van der Waals surface area contributed by atoms with Gasteiger partial charge < -0.3 is 9.47 Å². The number of hydrogen-bond acceptors (Lipinski definition) is 4. The largest absolute Gasteiger partial charge is 0.476 e. The minimum absolute atomic E-state index is 0.190. The summed E-state index contributed by atoms with van der Waals surface area (Å²) >= 11 is 3.29. The highest BCUT2D eigenvalue weighted by Gasteiger charge is 2.52. The second kappa shape index (κ2) is 4.41. The second-order valence-corrected chi connectivity index (χ2v) is 4.79. The van der Waals surface area contributed by atoms with E-state index in [1.165, 1.54) is 7.11 Å². The van der Waals surface area contributed by atoms with E-state index in [1.54, 1.807) is 12.3 Å². The average molecular weight is 286 g/mol. The van der Waals surface area contributed by atoms with Crippen molar-refractivity contribution in [3.8, 4) is 5.88 Å². The zero-order chi connectivity index (χ0) is 11.6. The zero-order valence-corrected chi connectivity index (χ0v) is 10.5. The van der Waals surface area contributed by atoms with Crippen LogP contribution in [0.5, 0.6) is 5.88 Å². The number of nitrogens with zero attached hydrogens (tertiary/aromatic N) is 1. The number of pyridine rings is 1. The molecule has 1 aliphatic rings. The maximum atomic E-state index is 11.4. The van der Waals surface area contributed by atoms with E-state index in [1.807, 2.05) is 6.07 Å². The summed E-state index contributed by atoms with van der Waals surface area (Å²) in [6.45, 7) is 0.342. The molecule has 1 fully saturated rings. The van der Waals surface area contributed by atoms with Gasteiger partial charge in [-0.2, -0.15) is 0 Å². The molecular formula is C11H12BrNO3. The minimum Gasteiger partial charge on any atom is -0.476 e. The van der Waals surface area contributed by atoms with E-state index in [0.29, 0.717) is 12.5 Å². The first-order valence-electron chi connectivity index (χ1n) is 4.99. The first-order chi connectivity index (χ1) is 7.66. The number of hydrogen-bond donors (Lipinski definition) is 0. The number of aromatic nitrogens is 1. The predicted molar refractivity (Wildman–Crippen MR) is 61.1 cm³/mol. The fourth-order valence-electron chi connectivity index (χ4n) is 1.43. The molecule has 0 saturated heterocycles. The van der Waals surface area contributed by atoms with Crippen LogP contribution in [0.15, 0.2) is 22.8 Å². The molecule has 0 N–H and O–H groups in total. The number of methoxy groups -OCH3 is 1. The van der Waals surface area contributed by atoms with Gasteiger partial charge in [0.15, 0.2) is 0 Å². The van der Waals surface area contributed by atoms with Gasteiger partial charge in [-0.15, -0.1) is 0 Å². The highest BCUT2D eigenvalue weighted by molar-refractivity contribution is 9.10. The summed E-state index contributed by atoms with van der Waals surface area (Å²) in [5, 5.41) is 0. The van der Waals surface area contributed by atoms with Gasteiger partial charge in [0.05, 0.1) is 7.11 Å². The topological polar surface area (TPSA) is 48.4 Å². The van der Waals surface area contributed by atoms with Crippen LogP contribution in [-0.2, 0) is 9.53 Å². The first kappa shape index (κ1) is 11.4. The van der Waals surface area contributed by atoms with Crippen LogP contribution in [0, 0.1) is 5.41 Å². The molecule has 2 rings (SSSR count). The molecule has 0 radical (unpaired) electrons. The third-order valence-corrected chi connectivity index (χ3v) is 3.14. The number of ether oxygens (including phenoxy) is 2. The summed E-state index contributed by atoms with van der Waals surface area (Å²) in [5.74, 6) is 0.336. The molecule has 1 saturated carbocycles. The summed E-state index contributed by atoms with van der Waals surface area (Å²) in [7, 11) is 1.40. The Morgan fingerprint density at radius 2 is 2.31 bits per heavy atom. The second-order valence-electron chi connectivity index (χ2n) is 3.88. The van der Waals surface area contributed by atoms with E-state index < -0.39 is 5.41 Å². The van der Waals surface area contributed by atoms with E-state index >= 15 is 0 Å². The smallest absolute Gasteiger partial charge is 0.315 e. The minimum atomic E-state index is -0.427. The van der Waals surface area contributed by atoms with Crippen molar-refractivity contribution >= 4 is 21.9 Å². The van der Waals surface area contributed by atoms with Gasteiger partial charge in [-0.25, -0.2) is 4.98 Å². The van der Waals surface area contributed by atoms with Crippen LogP contribution in [0.4, 0.5) is 0 Å². The first-order valence-corrected chi connectivity index (χ1v) is 5.78. The fourth-order valence-corrected chi connectivity index (χ4v) is 1.67. The summed E-state index contributed by atoms with van der Waals surface area (Å²) in [4.78, 5) is 15.5. The molecule has 0 bridgehead atoms. The molecule has 1 aromatic heterocycles. The Bertz CT molecular complexity index is 387. The molecule has 0 amide bonds. The van der Waals surface area contributed by atoms with E-state index in [4.69, 9.17) is 9.47 Å². The van der Waals surface area contributed by atoms with Gasteiger partial charge in [0.2, 0.25) is 5.88 Å². The van der Waals surface area contributed by atoms with Crippen molar-refractivity contribution in [2.45, 2.75) is 12.8 Å². The van der Waals surface area contributed by atoms with Crippen molar-refractivity contribution < 1.29 is 14.3 Å². The lowest BCUT2D eigenvalue weighted by Gasteiger charge is -2.12. The van der Waals surface area contributed by atoms with Crippen molar-refractivity contribution in [3.05, 3.63) is 22.8 Å². The molecule has 0 spiro atoms. The summed E-state index contributed by atoms with van der Waals surface area (Å²) in [6.07, 6.45) is 3.32. The Kier molecular flexibility index (Phi) is 3.14. The van der Waals surface area contributed by atoms with Crippen molar-refractivity contribution in [3.63, 3.8) is 0 Å². The normalized spacial score (nSPS) is 16.6. The lowest BCUT2D eigenvalue weighted by molar-refractivity contribution is -0.148. The van der Waals surface area contributed by atoms with Crippen LogP contribution >= 0.6 is 15.9 Å². The molecule has 0 atom stereocenters. The molecule has 1 aliphatic carbocycles. The number of carbonyl (C=O) groups excluding carboxylic acids is 1. The van der Waals surface area contributed by atoms with Gasteiger partial charge in [-0.05, 0) is 34.8 Å². The standard InChI is InChI=1S/C11H12BrNO3/c1-15-10(14)11(4-5-11)7-16-9-3-2-8(12)6-13-9/h2-3,6H,4-5,7H2,1H3. The molecule has 0 aliphatic heterocycles. The monoisotopic (exact) mass is 285 g/mol. The molecule has 1 aromatic rings. The molecule has 5 heteroatoms. The van der Waals surface area contributed by atoms with Crippen LogP contribution in [0.2, 0.25) is 0 Å². The number of rotatable bonds is 4. The number of esters is 1. The van der Waals surface area contributed by atoms with Crippen LogP contribution < -0.4 is 4.74 Å². The molecule has 16 heavy (non-hydrogen) atoms. The van der Waals surface area contributed by atoms with Crippen molar-refractivity contribution in [2.75, 3.05) is 13.7 Å². The third kappa shape index (κ3) is 2.35. The molecule has 0 unspecified atom stereocenters. The molecule has 86 valence electrons. The maximum absolute atomic E-state index is 11.4. The Balaban J connectivity index is 1.93. The Morgan fingerprint density at radius 1 is 1.56 bits per heavy atom. The van der Waals surface area contributed by atoms with E-state index in [9.17, 15) is 4.79 Å². The SMILES string of the molecule is COC(=O)C1(COc2ccc(Br)cn2)CC1. The Hall–Kier alpha value is -1.10. The van der Waals surface area contributed by atoms with Gasteiger partial charge in [0.1, 0.15) is 12.0 Å². The summed E-state index contributed by atoms with van der Waals surface area (Å²) in [5.41, 5.74) is -0.427. The lowest BCUT2D eigenvalue weighted by atomic mass is 10.1. The molecular weight excluding hydrogens is 274 g/mol. The number of halogens is 1. The van der Waals surface area contributed by atoms with E-state index in [2.05, 4.69) is 20.9 Å². The highest BCUT2D eigenvalue weighted by atomic mass is 79.9. The average Bonchev–Trinajstić information content (AvgIpc) is 3.08. The van der Waals surface area contributed by atoms with Gasteiger partial charge >= 0.3 is 5.97 Å². The van der Waals surface area contributed by atoms with Gasteiger partial charge in [-0.3, -0.25) is 4.79 Å². The predicted octanol–water partition coefficient (Wildman–Crippen LogP) is 2.18. The zero-order valence-electron chi connectivity index (χ0n) is 8.90. The fraction of sp³-hybridized carbons (Fsp3) is 0.455.